The van der Waals surface area contributed by atoms with Crippen LogP contribution in [0.2, 0.25) is 0 Å². The van der Waals surface area contributed by atoms with E-state index in [0.29, 0.717) is 6.04 Å². The average Bonchev–Trinajstić information content (AvgIpc) is 3.47. The molecule has 0 aromatic heterocycles. The van der Waals surface area contributed by atoms with Crippen molar-refractivity contribution in [2.24, 2.45) is 5.92 Å². The summed E-state index contributed by atoms with van der Waals surface area (Å²) in [6.45, 7) is 7.48. The Balaban J connectivity index is 1.20. The van der Waals surface area contributed by atoms with E-state index in [1.54, 1.807) is 0 Å². The highest BCUT2D eigenvalue weighted by atomic mass is 16.2. The number of nitrogens with zero attached hydrogens (tertiary/aromatic N) is 3. The zero-order chi connectivity index (χ0) is 17.1. The van der Waals surface area contributed by atoms with Crippen molar-refractivity contribution in [3.8, 4) is 0 Å². The first-order valence-electron chi connectivity index (χ1n) is 10.8. The molecule has 1 unspecified atom stereocenters. The molecule has 2 aliphatic carbocycles. The number of nitrogens with one attached hydrogen (secondary N) is 1. The predicted octanol–water partition coefficient (Wildman–Crippen LogP) is 2.52. The Morgan fingerprint density at radius 1 is 0.840 bits per heavy atom. The van der Waals surface area contributed by atoms with E-state index < -0.39 is 0 Å². The lowest BCUT2D eigenvalue weighted by Gasteiger charge is -2.41. The van der Waals surface area contributed by atoms with Gasteiger partial charge in [0.25, 0.3) is 0 Å². The van der Waals surface area contributed by atoms with E-state index in [9.17, 15) is 4.79 Å². The van der Waals surface area contributed by atoms with E-state index in [1.165, 1.54) is 64.5 Å². The first kappa shape index (κ1) is 17.6. The minimum atomic E-state index is 0.182. The second-order valence-corrected chi connectivity index (χ2v) is 8.81. The molecular formula is C20H36N4O. The van der Waals surface area contributed by atoms with Gasteiger partial charge in [-0.25, -0.2) is 4.79 Å². The van der Waals surface area contributed by atoms with E-state index in [1.807, 2.05) is 4.90 Å². The second kappa shape index (κ2) is 8.26. The summed E-state index contributed by atoms with van der Waals surface area (Å²) in [6.07, 6.45) is 12.1. The normalized spacial score (nSPS) is 30.4. The number of hydrogen-bond donors (Lipinski definition) is 1. The molecule has 142 valence electrons. The lowest BCUT2D eigenvalue weighted by molar-refractivity contribution is 0.102. The molecule has 5 nitrogen and oxygen atoms in total. The standard InChI is InChI=1S/C20H36N4O/c25-20(23-13-11-22(12-14-23)15-17-8-9-17)21-18-5-4-10-24(16-18)19-6-2-1-3-7-19/h17-19H,1-16H2,(H,21,25). The summed E-state index contributed by atoms with van der Waals surface area (Å²) in [6, 6.07) is 1.31. The van der Waals surface area contributed by atoms with Gasteiger partial charge in [-0.3, -0.25) is 9.80 Å². The van der Waals surface area contributed by atoms with Crippen molar-refractivity contribution in [3.63, 3.8) is 0 Å². The van der Waals surface area contributed by atoms with E-state index in [0.717, 1.165) is 51.1 Å². The summed E-state index contributed by atoms with van der Waals surface area (Å²) in [7, 11) is 0. The van der Waals surface area contributed by atoms with Crippen molar-refractivity contribution in [1.82, 2.24) is 20.0 Å². The van der Waals surface area contributed by atoms with Crippen LogP contribution >= 0.6 is 0 Å². The van der Waals surface area contributed by atoms with Gasteiger partial charge in [0, 0.05) is 51.4 Å². The molecule has 25 heavy (non-hydrogen) atoms. The largest absolute Gasteiger partial charge is 0.334 e. The van der Waals surface area contributed by atoms with Crippen LogP contribution in [-0.4, -0.2) is 78.6 Å². The summed E-state index contributed by atoms with van der Waals surface area (Å²) < 4.78 is 0. The SMILES string of the molecule is O=C(NC1CCCN(C2CCCCC2)C1)N1CCN(CC2CC2)CC1. The molecule has 0 aromatic carbocycles. The van der Waals surface area contributed by atoms with Gasteiger partial charge in [0.2, 0.25) is 0 Å². The Hall–Kier alpha value is -0.810. The van der Waals surface area contributed by atoms with Crippen LogP contribution in [0, 0.1) is 5.92 Å². The highest BCUT2D eigenvalue weighted by molar-refractivity contribution is 5.74. The molecule has 0 radical (unpaired) electrons. The van der Waals surface area contributed by atoms with Crippen LogP contribution in [0.4, 0.5) is 4.79 Å². The maximum absolute atomic E-state index is 12.7. The van der Waals surface area contributed by atoms with Gasteiger partial charge < -0.3 is 10.2 Å². The van der Waals surface area contributed by atoms with E-state index in [4.69, 9.17) is 0 Å². The Kier molecular flexibility index (Phi) is 5.81. The van der Waals surface area contributed by atoms with Gasteiger partial charge in [-0.1, -0.05) is 19.3 Å². The van der Waals surface area contributed by atoms with Gasteiger partial charge in [-0.2, -0.15) is 0 Å². The molecule has 5 heteroatoms. The van der Waals surface area contributed by atoms with Crippen LogP contribution in [-0.2, 0) is 0 Å². The molecule has 2 amide bonds. The van der Waals surface area contributed by atoms with Crippen LogP contribution in [0.5, 0.6) is 0 Å². The first-order valence-corrected chi connectivity index (χ1v) is 10.8. The van der Waals surface area contributed by atoms with E-state index >= 15 is 0 Å². The molecule has 4 fully saturated rings. The molecular weight excluding hydrogens is 312 g/mol. The van der Waals surface area contributed by atoms with Gasteiger partial charge in [0.05, 0.1) is 0 Å². The van der Waals surface area contributed by atoms with E-state index in [-0.39, 0.29) is 6.03 Å². The fourth-order valence-electron chi connectivity index (χ4n) is 4.97. The van der Waals surface area contributed by atoms with Gasteiger partial charge >= 0.3 is 6.03 Å². The highest BCUT2D eigenvalue weighted by Gasteiger charge is 2.30. The molecule has 4 rings (SSSR count). The fourth-order valence-corrected chi connectivity index (χ4v) is 4.97. The van der Waals surface area contributed by atoms with Crippen molar-refractivity contribution < 1.29 is 4.79 Å². The van der Waals surface area contributed by atoms with Crippen LogP contribution < -0.4 is 5.32 Å². The minimum Gasteiger partial charge on any atom is -0.334 e. The van der Waals surface area contributed by atoms with Crippen LogP contribution in [0.25, 0.3) is 0 Å². The summed E-state index contributed by atoms with van der Waals surface area (Å²) in [5, 5.41) is 3.35. The first-order chi connectivity index (χ1) is 12.3. The Bertz CT molecular complexity index is 439. The summed E-state index contributed by atoms with van der Waals surface area (Å²) in [4.78, 5) is 19.9. The molecule has 2 aliphatic heterocycles. The number of urea groups is 1. The summed E-state index contributed by atoms with van der Waals surface area (Å²) in [5.74, 6) is 0.952. The molecule has 4 aliphatic rings. The second-order valence-electron chi connectivity index (χ2n) is 8.81. The van der Waals surface area contributed by atoms with Gasteiger partial charge in [0.15, 0.2) is 0 Å². The number of piperidine rings is 1. The van der Waals surface area contributed by atoms with Crippen molar-refractivity contribution >= 4 is 6.03 Å². The number of carbonyl (C=O) groups is 1. The zero-order valence-corrected chi connectivity index (χ0v) is 15.8. The molecule has 2 saturated carbocycles. The number of amides is 2. The minimum absolute atomic E-state index is 0.182. The molecule has 0 aromatic rings. The molecule has 0 spiro atoms. The molecule has 0 bridgehead atoms. The maximum atomic E-state index is 12.7. The molecule has 1 atom stereocenters. The van der Waals surface area contributed by atoms with Gasteiger partial charge in [-0.05, 0) is 51.0 Å². The third kappa shape index (κ3) is 4.88. The van der Waals surface area contributed by atoms with Crippen molar-refractivity contribution in [2.45, 2.75) is 69.9 Å². The van der Waals surface area contributed by atoms with Crippen molar-refractivity contribution in [1.29, 1.82) is 0 Å². The number of likely N-dealkylation sites (tertiary alicyclic amines) is 1. The van der Waals surface area contributed by atoms with Crippen LogP contribution in [0.15, 0.2) is 0 Å². The summed E-state index contributed by atoms with van der Waals surface area (Å²) in [5.41, 5.74) is 0. The molecule has 2 saturated heterocycles. The molecule has 1 N–H and O–H groups in total. The van der Waals surface area contributed by atoms with Crippen LogP contribution in [0.1, 0.15) is 57.8 Å². The lowest BCUT2D eigenvalue weighted by Crippen LogP contribution is -2.57. The fraction of sp³-hybridized carbons (Fsp3) is 0.950. The third-order valence-electron chi connectivity index (χ3n) is 6.74. The Labute approximate surface area is 153 Å². The van der Waals surface area contributed by atoms with E-state index in [2.05, 4.69) is 15.1 Å². The average molecular weight is 349 g/mol. The number of carbonyl (C=O) groups excluding carboxylic acids is 1. The van der Waals surface area contributed by atoms with Gasteiger partial charge in [-0.15, -0.1) is 0 Å². The van der Waals surface area contributed by atoms with Crippen molar-refractivity contribution in [3.05, 3.63) is 0 Å². The quantitative estimate of drug-likeness (QED) is 0.848. The monoisotopic (exact) mass is 348 g/mol. The maximum Gasteiger partial charge on any atom is 0.317 e. The summed E-state index contributed by atoms with van der Waals surface area (Å²) >= 11 is 0. The Morgan fingerprint density at radius 3 is 2.32 bits per heavy atom. The highest BCUT2D eigenvalue weighted by Crippen LogP contribution is 2.30. The zero-order valence-electron chi connectivity index (χ0n) is 15.8. The molecule has 2 heterocycles. The lowest BCUT2D eigenvalue weighted by atomic mass is 9.92. The third-order valence-corrected chi connectivity index (χ3v) is 6.74. The number of rotatable bonds is 4. The Morgan fingerprint density at radius 2 is 1.60 bits per heavy atom. The number of hydrogen-bond acceptors (Lipinski definition) is 3. The number of piperazine rings is 1. The van der Waals surface area contributed by atoms with Crippen LogP contribution in [0.3, 0.4) is 0 Å². The topological polar surface area (TPSA) is 38.8 Å². The van der Waals surface area contributed by atoms with Crippen molar-refractivity contribution in [2.75, 3.05) is 45.8 Å². The smallest absolute Gasteiger partial charge is 0.317 e. The predicted molar refractivity (Wildman–Crippen MR) is 101 cm³/mol. The van der Waals surface area contributed by atoms with Gasteiger partial charge in [0.1, 0.15) is 0 Å².